The van der Waals surface area contributed by atoms with Crippen molar-refractivity contribution < 1.29 is 4.39 Å². The molecule has 0 unspecified atom stereocenters. The van der Waals surface area contributed by atoms with E-state index >= 15 is 0 Å². The third-order valence-electron chi connectivity index (χ3n) is 3.26. The number of hydrogen-bond acceptors (Lipinski definition) is 5. The fraction of sp³-hybridized carbons (Fsp3) is 0.214. The Balaban J connectivity index is 1.87. The Morgan fingerprint density at radius 1 is 1.30 bits per heavy atom. The molecule has 5 nitrogen and oxygen atoms in total. The highest BCUT2D eigenvalue weighted by Gasteiger charge is 2.16. The minimum Gasteiger partial charge on any atom is -0.355 e. The van der Waals surface area contributed by atoms with E-state index in [1.54, 1.807) is 24.5 Å². The lowest BCUT2D eigenvalue weighted by Gasteiger charge is -2.31. The molecule has 0 saturated carbocycles. The number of rotatable bonds is 4. The van der Waals surface area contributed by atoms with Crippen molar-refractivity contribution >= 4 is 23.5 Å². The molecule has 2 N–H and O–H groups in total. The molecule has 102 valence electrons. The van der Waals surface area contributed by atoms with Crippen LogP contribution < -0.4 is 10.2 Å². The number of benzene rings is 1. The molecule has 0 aliphatic carbocycles. The Morgan fingerprint density at radius 3 is 2.85 bits per heavy atom. The van der Waals surface area contributed by atoms with Gasteiger partial charge >= 0.3 is 0 Å². The van der Waals surface area contributed by atoms with Gasteiger partial charge in [0.1, 0.15) is 11.6 Å². The van der Waals surface area contributed by atoms with Gasteiger partial charge in [0.15, 0.2) is 5.82 Å². The summed E-state index contributed by atoms with van der Waals surface area (Å²) in [5, 5.41) is 10.3. The molecular weight excluding hydrogens is 257 g/mol. The van der Waals surface area contributed by atoms with Crippen molar-refractivity contribution in [2.45, 2.75) is 6.42 Å². The summed E-state index contributed by atoms with van der Waals surface area (Å²) in [6.07, 6.45) is 5.46. The minimum atomic E-state index is -0.433. The Bertz CT molecular complexity index is 639. The summed E-state index contributed by atoms with van der Waals surface area (Å²) < 4.78 is 13.6. The van der Waals surface area contributed by atoms with E-state index in [1.165, 1.54) is 12.5 Å². The first-order valence-electron chi connectivity index (χ1n) is 6.41. The van der Waals surface area contributed by atoms with Gasteiger partial charge in [-0.1, -0.05) is 6.07 Å². The molecule has 6 heteroatoms. The second-order valence-corrected chi connectivity index (χ2v) is 4.57. The van der Waals surface area contributed by atoms with Crippen LogP contribution in [0, 0.1) is 11.2 Å². The first kappa shape index (κ1) is 12.5. The lowest BCUT2D eigenvalue weighted by Crippen LogP contribution is -2.37. The number of hydrogen-bond donors (Lipinski definition) is 2. The van der Waals surface area contributed by atoms with Crippen molar-refractivity contribution in [1.29, 1.82) is 5.41 Å². The summed E-state index contributed by atoms with van der Waals surface area (Å²) in [5.41, 5.74) is 0.721. The average molecular weight is 271 g/mol. The molecule has 1 fully saturated rings. The van der Waals surface area contributed by atoms with Crippen molar-refractivity contribution in [3.05, 3.63) is 42.0 Å². The fourth-order valence-electron chi connectivity index (χ4n) is 2.04. The molecule has 1 saturated heterocycles. The van der Waals surface area contributed by atoms with Gasteiger partial charge in [-0.25, -0.2) is 9.37 Å². The van der Waals surface area contributed by atoms with Gasteiger partial charge in [-0.2, -0.15) is 0 Å². The Hall–Kier alpha value is -2.50. The van der Waals surface area contributed by atoms with Crippen LogP contribution in [0.4, 0.5) is 21.7 Å². The van der Waals surface area contributed by atoms with E-state index in [4.69, 9.17) is 5.41 Å². The van der Waals surface area contributed by atoms with Gasteiger partial charge in [-0.3, -0.25) is 4.98 Å². The number of anilines is 3. The highest BCUT2D eigenvalue weighted by Crippen LogP contribution is 2.23. The molecule has 2 aromatic rings. The zero-order valence-electron chi connectivity index (χ0n) is 10.8. The normalized spacial score (nSPS) is 13.8. The molecule has 1 aliphatic heterocycles. The van der Waals surface area contributed by atoms with Crippen LogP contribution in [0.5, 0.6) is 0 Å². The van der Waals surface area contributed by atoms with Gasteiger partial charge in [0.2, 0.25) is 0 Å². The maximum atomic E-state index is 13.6. The first-order chi connectivity index (χ1) is 9.78. The van der Waals surface area contributed by atoms with E-state index < -0.39 is 5.82 Å². The van der Waals surface area contributed by atoms with Crippen LogP contribution in [-0.2, 0) is 0 Å². The highest BCUT2D eigenvalue weighted by atomic mass is 19.1. The van der Waals surface area contributed by atoms with Crippen molar-refractivity contribution in [2.75, 3.05) is 23.3 Å². The lowest BCUT2D eigenvalue weighted by atomic mass is 10.2. The van der Waals surface area contributed by atoms with Crippen molar-refractivity contribution in [1.82, 2.24) is 9.97 Å². The van der Waals surface area contributed by atoms with Gasteiger partial charge in [0.25, 0.3) is 0 Å². The molecule has 20 heavy (non-hydrogen) atoms. The third-order valence-corrected chi connectivity index (χ3v) is 3.26. The minimum absolute atomic E-state index is 0.212. The van der Waals surface area contributed by atoms with Crippen LogP contribution in [0.15, 0.2) is 30.6 Å². The van der Waals surface area contributed by atoms with E-state index in [0.717, 1.165) is 25.1 Å². The molecular formula is C14H14FN5. The Morgan fingerprint density at radius 2 is 2.15 bits per heavy atom. The Kier molecular flexibility index (Phi) is 3.28. The standard InChI is InChI=1S/C14H14FN5/c15-11-3-1-4-12(10(11)7-16)18-13-8-17-9-14(19-13)20-5-2-6-20/h1,3-4,7-9,16H,2,5-6H2,(H,18,19). The van der Waals surface area contributed by atoms with Gasteiger partial charge in [0.05, 0.1) is 23.6 Å². The number of halogens is 1. The molecule has 0 spiro atoms. The fourth-order valence-corrected chi connectivity index (χ4v) is 2.04. The van der Waals surface area contributed by atoms with E-state index in [1.807, 2.05) is 0 Å². The van der Waals surface area contributed by atoms with Crippen LogP contribution in [0.25, 0.3) is 0 Å². The van der Waals surface area contributed by atoms with Gasteiger partial charge in [0, 0.05) is 19.3 Å². The summed E-state index contributed by atoms with van der Waals surface area (Å²) in [6.45, 7) is 1.98. The summed E-state index contributed by atoms with van der Waals surface area (Å²) in [4.78, 5) is 10.7. The smallest absolute Gasteiger partial charge is 0.151 e. The lowest BCUT2D eigenvalue weighted by molar-refractivity contribution is 0.608. The summed E-state index contributed by atoms with van der Waals surface area (Å²) in [5.74, 6) is 0.925. The highest BCUT2D eigenvalue weighted by molar-refractivity contribution is 5.87. The van der Waals surface area contributed by atoms with Crippen LogP contribution in [0.1, 0.15) is 12.0 Å². The second-order valence-electron chi connectivity index (χ2n) is 4.57. The van der Waals surface area contributed by atoms with Crippen LogP contribution >= 0.6 is 0 Å². The van der Waals surface area contributed by atoms with Gasteiger partial charge in [-0.15, -0.1) is 0 Å². The molecule has 0 bridgehead atoms. The molecule has 0 amide bonds. The predicted molar refractivity (Wildman–Crippen MR) is 76.4 cm³/mol. The average Bonchev–Trinajstić information content (AvgIpc) is 2.37. The van der Waals surface area contributed by atoms with Crippen LogP contribution in [0.2, 0.25) is 0 Å². The molecule has 2 heterocycles. The van der Waals surface area contributed by atoms with Crippen molar-refractivity contribution in [3.8, 4) is 0 Å². The SMILES string of the molecule is N=Cc1c(F)cccc1Nc1cncc(N2CCC2)n1. The maximum absolute atomic E-state index is 13.6. The van der Waals surface area contributed by atoms with E-state index in [0.29, 0.717) is 11.5 Å². The maximum Gasteiger partial charge on any atom is 0.151 e. The van der Waals surface area contributed by atoms with E-state index in [2.05, 4.69) is 20.2 Å². The predicted octanol–water partition coefficient (Wildman–Crippen LogP) is 2.57. The molecule has 0 radical (unpaired) electrons. The first-order valence-corrected chi connectivity index (χ1v) is 6.41. The molecule has 1 aliphatic rings. The quantitative estimate of drug-likeness (QED) is 0.839. The zero-order valence-corrected chi connectivity index (χ0v) is 10.8. The van der Waals surface area contributed by atoms with Gasteiger partial charge < -0.3 is 15.6 Å². The topological polar surface area (TPSA) is 64.9 Å². The molecule has 0 atom stereocenters. The summed E-state index contributed by atoms with van der Waals surface area (Å²) in [7, 11) is 0. The molecule has 3 rings (SSSR count). The van der Waals surface area contributed by atoms with Gasteiger partial charge in [-0.05, 0) is 18.6 Å². The third kappa shape index (κ3) is 2.32. The molecule has 1 aromatic carbocycles. The number of nitrogens with zero attached hydrogens (tertiary/aromatic N) is 3. The summed E-state index contributed by atoms with van der Waals surface area (Å²) in [6, 6.07) is 4.63. The Labute approximate surface area is 116 Å². The van der Waals surface area contributed by atoms with E-state index in [9.17, 15) is 4.39 Å². The number of aromatic nitrogens is 2. The van der Waals surface area contributed by atoms with Crippen LogP contribution in [0.3, 0.4) is 0 Å². The zero-order chi connectivity index (χ0) is 13.9. The monoisotopic (exact) mass is 271 g/mol. The second kappa shape index (κ2) is 5.24. The summed E-state index contributed by atoms with van der Waals surface area (Å²) >= 11 is 0. The largest absolute Gasteiger partial charge is 0.355 e. The van der Waals surface area contributed by atoms with Crippen molar-refractivity contribution in [3.63, 3.8) is 0 Å². The van der Waals surface area contributed by atoms with Crippen molar-refractivity contribution in [2.24, 2.45) is 0 Å². The number of nitrogens with one attached hydrogen (secondary N) is 2. The van der Waals surface area contributed by atoms with E-state index in [-0.39, 0.29) is 5.56 Å². The van der Waals surface area contributed by atoms with Crippen LogP contribution in [-0.4, -0.2) is 29.3 Å². The molecule has 1 aromatic heterocycles.